The minimum atomic E-state index is -2.88. The Kier molecular flexibility index (Phi) is 6.25. The van der Waals surface area contributed by atoms with Crippen LogP contribution >= 0.6 is 11.8 Å². The van der Waals surface area contributed by atoms with Crippen molar-refractivity contribution in [2.24, 2.45) is 0 Å². The molecular formula is C19H17F2N3O3S. The van der Waals surface area contributed by atoms with E-state index in [1.165, 1.54) is 24.3 Å². The number of para-hydroxylation sites is 1. The highest BCUT2D eigenvalue weighted by Crippen LogP contribution is 2.28. The molecule has 146 valence electrons. The summed E-state index contributed by atoms with van der Waals surface area (Å²) in [6.07, 6.45) is 0. The first kappa shape index (κ1) is 19.8. The maximum atomic E-state index is 12.6. The number of ether oxygens (including phenoxy) is 1. The van der Waals surface area contributed by atoms with Crippen LogP contribution in [0.3, 0.4) is 0 Å². The number of alkyl halides is 2. The summed E-state index contributed by atoms with van der Waals surface area (Å²) in [4.78, 5) is 14.2. The zero-order chi connectivity index (χ0) is 20.1. The average Bonchev–Trinajstić information content (AvgIpc) is 3.16. The number of carbonyl (C=O) groups is 1. The fourth-order valence-corrected chi connectivity index (χ4v) is 3.18. The Labute approximate surface area is 164 Å². The molecule has 1 heterocycles. The van der Waals surface area contributed by atoms with Crippen molar-refractivity contribution in [2.45, 2.75) is 24.0 Å². The number of rotatable bonds is 7. The van der Waals surface area contributed by atoms with Gasteiger partial charge in [-0.15, -0.1) is 10.2 Å². The largest absolute Gasteiger partial charge is 0.435 e. The van der Waals surface area contributed by atoms with Gasteiger partial charge < -0.3 is 14.1 Å². The zero-order valence-electron chi connectivity index (χ0n) is 15.1. The lowest BCUT2D eigenvalue weighted by atomic mass is 10.2. The van der Waals surface area contributed by atoms with E-state index in [4.69, 9.17) is 4.42 Å². The van der Waals surface area contributed by atoms with Crippen molar-refractivity contribution >= 4 is 23.4 Å². The van der Waals surface area contributed by atoms with Crippen LogP contribution in [0, 0.1) is 0 Å². The number of carbonyl (C=O) groups excluding carboxylic acids is 1. The van der Waals surface area contributed by atoms with Crippen molar-refractivity contribution in [3.8, 4) is 17.2 Å². The molecule has 0 fully saturated rings. The van der Waals surface area contributed by atoms with Crippen LogP contribution in [-0.2, 0) is 4.79 Å². The highest BCUT2D eigenvalue weighted by molar-refractivity contribution is 8.00. The topological polar surface area (TPSA) is 68.5 Å². The van der Waals surface area contributed by atoms with Gasteiger partial charge in [0.15, 0.2) is 0 Å². The third-order valence-electron chi connectivity index (χ3n) is 3.83. The highest BCUT2D eigenvalue weighted by Gasteiger charge is 2.22. The van der Waals surface area contributed by atoms with Crippen LogP contribution in [0.15, 0.2) is 64.2 Å². The number of halogens is 2. The van der Waals surface area contributed by atoms with Crippen molar-refractivity contribution in [3.63, 3.8) is 0 Å². The lowest BCUT2D eigenvalue weighted by molar-refractivity contribution is -0.117. The highest BCUT2D eigenvalue weighted by atomic mass is 32.2. The quantitative estimate of drug-likeness (QED) is 0.540. The second-order valence-corrected chi connectivity index (χ2v) is 7.06. The maximum Gasteiger partial charge on any atom is 0.387 e. The molecule has 1 atom stereocenters. The van der Waals surface area contributed by atoms with Gasteiger partial charge in [-0.1, -0.05) is 30.0 Å². The molecule has 0 saturated carbocycles. The minimum Gasteiger partial charge on any atom is -0.435 e. The molecule has 3 aromatic rings. The molecule has 0 aliphatic heterocycles. The Morgan fingerprint density at radius 3 is 2.43 bits per heavy atom. The zero-order valence-corrected chi connectivity index (χ0v) is 15.9. The van der Waals surface area contributed by atoms with Gasteiger partial charge in [-0.3, -0.25) is 4.79 Å². The molecule has 2 aromatic carbocycles. The SMILES string of the molecule is CC(Sc1nnc(-c2ccc(OC(F)F)cc2)o1)C(=O)N(C)c1ccccc1. The van der Waals surface area contributed by atoms with Crippen LogP contribution in [0.4, 0.5) is 14.5 Å². The fourth-order valence-electron chi connectivity index (χ4n) is 2.41. The average molecular weight is 405 g/mol. The van der Waals surface area contributed by atoms with Crippen molar-refractivity contribution in [1.82, 2.24) is 10.2 Å². The number of hydrogen-bond donors (Lipinski definition) is 0. The number of amides is 1. The first-order valence-electron chi connectivity index (χ1n) is 8.32. The van der Waals surface area contributed by atoms with Gasteiger partial charge in [0.2, 0.25) is 11.8 Å². The van der Waals surface area contributed by atoms with Crippen molar-refractivity contribution < 1.29 is 22.7 Å². The number of hydrogen-bond acceptors (Lipinski definition) is 6. The third kappa shape index (κ3) is 4.86. The van der Waals surface area contributed by atoms with Crippen LogP contribution in [0.5, 0.6) is 5.75 Å². The summed E-state index contributed by atoms with van der Waals surface area (Å²) in [7, 11) is 1.71. The van der Waals surface area contributed by atoms with E-state index in [9.17, 15) is 13.6 Å². The summed E-state index contributed by atoms with van der Waals surface area (Å²) in [5.41, 5.74) is 1.35. The van der Waals surface area contributed by atoms with Crippen LogP contribution < -0.4 is 9.64 Å². The molecule has 0 N–H and O–H groups in total. The van der Waals surface area contributed by atoms with E-state index in [0.717, 1.165) is 17.4 Å². The Balaban J connectivity index is 1.64. The van der Waals surface area contributed by atoms with E-state index in [1.807, 2.05) is 30.3 Å². The van der Waals surface area contributed by atoms with Crippen molar-refractivity contribution in [1.29, 1.82) is 0 Å². The number of benzene rings is 2. The third-order valence-corrected chi connectivity index (χ3v) is 4.75. The molecule has 6 nitrogen and oxygen atoms in total. The predicted octanol–water partition coefficient (Wildman–Crippen LogP) is 4.48. The number of aromatic nitrogens is 2. The van der Waals surface area contributed by atoms with Crippen LogP contribution in [0.25, 0.3) is 11.5 Å². The number of thioether (sulfide) groups is 1. The molecule has 0 bridgehead atoms. The van der Waals surface area contributed by atoms with Gasteiger partial charge in [-0.25, -0.2) is 0 Å². The van der Waals surface area contributed by atoms with E-state index in [2.05, 4.69) is 14.9 Å². The molecule has 28 heavy (non-hydrogen) atoms. The van der Waals surface area contributed by atoms with Crippen LogP contribution in [0.2, 0.25) is 0 Å². The minimum absolute atomic E-state index is 0.0380. The number of anilines is 1. The fraction of sp³-hybridized carbons (Fsp3) is 0.211. The molecule has 9 heteroatoms. The molecule has 0 radical (unpaired) electrons. The van der Waals surface area contributed by atoms with Gasteiger partial charge >= 0.3 is 6.61 Å². The van der Waals surface area contributed by atoms with E-state index in [0.29, 0.717) is 5.56 Å². The van der Waals surface area contributed by atoms with E-state index in [-0.39, 0.29) is 22.8 Å². The maximum absolute atomic E-state index is 12.6. The monoisotopic (exact) mass is 405 g/mol. The van der Waals surface area contributed by atoms with Gasteiger partial charge in [-0.05, 0) is 43.3 Å². The Bertz CT molecular complexity index is 920. The van der Waals surface area contributed by atoms with Gasteiger partial charge in [-0.2, -0.15) is 8.78 Å². The molecular weight excluding hydrogens is 388 g/mol. The van der Waals surface area contributed by atoms with E-state index < -0.39 is 11.9 Å². The van der Waals surface area contributed by atoms with Crippen LogP contribution in [-0.4, -0.2) is 35.0 Å². The molecule has 0 aliphatic carbocycles. The van der Waals surface area contributed by atoms with Gasteiger partial charge in [0.05, 0.1) is 5.25 Å². The van der Waals surface area contributed by atoms with Crippen LogP contribution in [0.1, 0.15) is 6.92 Å². The molecule has 1 amide bonds. The van der Waals surface area contributed by atoms with E-state index >= 15 is 0 Å². The molecule has 0 saturated heterocycles. The normalized spacial score (nSPS) is 12.0. The smallest absolute Gasteiger partial charge is 0.387 e. The Hall–Kier alpha value is -2.94. The molecule has 0 aliphatic rings. The lowest BCUT2D eigenvalue weighted by Crippen LogP contribution is -2.33. The lowest BCUT2D eigenvalue weighted by Gasteiger charge is -2.20. The van der Waals surface area contributed by atoms with Gasteiger partial charge in [0.1, 0.15) is 5.75 Å². The summed E-state index contributed by atoms with van der Waals surface area (Å²) >= 11 is 1.15. The molecule has 1 unspecified atom stereocenters. The number of nitrogens with zero attached hydrogens (tertiary/aromatic N) is 3. The van der Waals surface area contributed by atoms with Crippen molar-refractivity contribution in [2.75, 3.05) is 11.9 Å². The van der Waals surface area contributed by atoms with E-state index in [1.54, 1.807) is 18.9 Å². The standard InChI is InChI=1S/C19H17F2N3O3S/c1-12(17(25)24(2)14-6-4-3-5-7-14)28-19-23-22-16(27-19)13-8-10-15(11-9-13)26-18(20)21/h3-12,18H,1-2H3. The first-order valence-corrected chi connectivity index (χ1v) is 9.20. The molecule has 1 aromatic heterocycles. The van der Waals surface area contributed by atoms with Gasteiger partial charge in [0.25, 0.3) is 5.22 Å². The predicted molar refractivity (Wildman–Crippen MR) is 102 cm³/mol. The summed E-state index contributed by atoms with van der Waals surface area (Å²) < 4.78 is 34.3. The summed E-state index contributed by atoms with van der Waals surface area (Å²) in [5.74, 6) is 0.155. The molecule has 0 spiro atoms. The van der Waals surface area contributed by atoms with Crippen molar-refractivity contribution in [3.05, 3.63) is 54.6 Å². The second kappa shape index (κ2) is 8.83. The Morgan fingerprint density at radius 1 is 1.11 bits per heavy atom. The molecule has 3 rings (SSSR count). The summed E-state index contributed by atoms with van der Waals surface area (Å²) in [6.45, 7) is -1.13. The second-order valence-electron chi connectivity index (χ2n) is 5.77. The summed E-state index contributed by atoms with van der Waals surface area (Å²) in [5, 5.41) is 7.68. The van der Waals surface area contributed by atoms with Gasteiger partial charge in [0, 0.05) is 18.3 Å². The summed E-state index contributed by atoms with van der Waals surface area (Å²) in [6, 6.07) is 15.2. The first-order chi connectivity index (χ1) is 13.4. The Morgan fingerprint density at radius 2 is 1.79 bits per heavy atom.